The molecule has 0 saturated heterocycles. The average molecular weight is 253 g/mol. The van der Waals surface area contributed by atoms with Gasteiger partial charge in [-0.3, -0.25) is 0 Å². The maximum absolute atomic E-state index is 6.56. The van der Waals surface area contributed by atoms with E-state index in [1.165, 1.54) is 11.1 Å². The quantitative estimate of drug-likeness (QED) is 0.606. The lowest BCUT2D eigenvalue weighted by Crippen LogP contribution is -2.17. The van der Waals surface area contributed by atoms with Crippen molar-refractivity contribution in [3.05, 3.63) is 35.4 Å². The molecular formula is C16H25Cl. The van der Waals surface area contributed by atoms with Crippen molar-refractivity contribution in [1.82, 2.24) is 0 Å². The topological polar surface area (TPSA) is 0 Å². The van der Waals surface area contributed by atoms with E-state index in [0.29, 0.717) is 0 Å². The number of benzene rings is 1. The highest BCUT2D eigenvalue weighted by atomic mass is 35.5. The van der Waals surface area contributed by atoms with Crippen LogP contribution in [0.2, 0.25) is 0 Å². The van der Waals surface area contributed by atoms with Crippen molar-refractivity contribution in [3.8, 4) is 0 Å². The number of hydrogen-bond donors (Lipinski definition) is 0. The highest BCUT2D eigenvalue weighted by Gasteiger charge is 2.27. The summed E-state index contributed by atoms with van der Waals surface area (Å²) < 4.78 is 0. The van der Waals surface area contributed by atoms with Gasteiger partial charge in [-0.05, 0) is 28.4 Å². The molecule has 1 aromatic carbocycles. The lowest BCUT2D eigenvalue weighted by atomic mass is 9.81. The maximum atomic E-state index is 6.56. The highest BCUT2D eigenvalue weighted by Crippen LogP contribution is 2.41. The van der Waals surface area contributed by atoms with E-state index in [4.69, 9.17) is 11.6 Å². The lowest BCUT2D eigenvalue weighted by Gasteiger charge is -2.29. The van der Waals surface area contributed by atoms with Gasteiger partial charge < -0.3 is 0 Å². The van der Waals surface area contributed by atoms with Gasteiger partial charge in [0.15, 0.2) is 0 Å². The highest BCUT2D eigenvalue weighted by molar-refractivity contribution is 6.21. The van der Waals surface area contributed by atoms with Crippen LogP contribution in [0.5, 0.6) is 0 Å². The summed E-state index contributed by atoms with van der Waals surface area (Å²) in [6.07, 6.45) is 1.09. The molecule has 0 bridgehead atoms. The first-order valence-corrected chi connectivity index (χ1v) is 6.86. The van der Waals surface area contributed by atoms with Gasteiger partial charge in [0.2, 0.25) is 0 Å². The predicted octanol–water partition coefficient (Wildman–Crippen LogP) is 5.70. The molecule has 17 heavy (non-hydrogen) atoms. The first kappa shape index (κ1) is 14.6. The Morgan fingerprint density at radius 3 is 1.82 bits per heavy atom. The van der Waals surface area contributed by atoms with E-state index >= 15 is 0 Å². The third-order valence-electron chi connectivity index (χ3n) is 3.67. The molecule has 1 aromatic rings. The van der Waals surface area contributed by atoms with Crippen molar-refractivity contribution < 1.29 is 0 Å². The fraction of sp³-hybridized carbons (Fsp3) is 0.625. The minimum absolute atomic E-state index is 0.0847. The van der Waals surface area contributed by atoms with E-state index in [1.807, 2.05) is 0 Å². The van der Waals surface area contributed by atoms with E-state index in [9.17, 15) is 0 Å². The molecule has 1 heteroatoms. The SMILES string of the molecule is CCC(C)(C)C(Cl)c1ccc(C(C)(C)C)cc1. The van der Waals surface area contributed by atoms with E-state index in [0.717, 1.165) is 6.42 Å². The Morgan fingerprint density at radius 2 is 1.47 bits per heavy atom. The van der Waals surface area contributed by atoms with Gasteiger partial charge in [0.25, 0.3) is 0 Å². The predicted molar refractivity (Wildman–Crippen MR) is 77.8 cm³/mol. The molecule has 0 N–H and O–H groups in total. The number of hydrogen-bond acceptors (Lipinski definition) is 0. The van der Waals surface area contributed by atoms with Crippen LogP contribution >= 0.6 is 11.6 Å². The second-order valence-corrected chi connectivity index (χ2v) is 7.01. The molecule has 0 spiro atoms. The molecule has 0 nitrogen and oxygen atoms in total. The van der Waals surface area contributed by atoms with Crippen LogP contribution in [0.3, 0.4) is 0 Å². The van der Waals surface area contributed by atoms with Crippen LogP contribution < -0.4 is 0 Å². The maximum Gasteiger partial charge on any atom is 0.0636 e. The van der Waals surface area contributed by atoms with E-state index < -0.39 is 0 Å². The van der Waals surface area contributed by atoms with Crippen molar-refractivity contribution in [3.63, 3.8) is 0 Å². The molecule has 1 unspecified atom stereocenters. The standard InChI is InChI=1S/C16H25Cl/c1-7-16(5,6)14(17)12-8-10-13(11-9-12)15(2,3)4/h8-11,14H,7H2,1-6H3. The third-order valence-corrected chi connectivity index (χ3v) is 4.51. The van der Waals surface area contributed by atoms with Crippen LogP contribution in [-0.4, -0.2) is 0 Å². The molecule has 0 aliphatic rings. The average Bonchev–Trinajstić information content (AvgIpc) is 2.27. The second-order valence-electron chi connectivity index (χ2n) is 6.58. The Hall–Kier alpha value is -0.490. The van der Waals surface area contributed by atoms with Gasteiger partial charge in [-0.15, -0.1) is 11.6 Å². The van der Waals surface area contributed by atoms with Crippen molar-refractivity contribution in [1.29, 1.82) is 0 Å². The van der Waals surface area contributed by atoms with Gasteiger partial charge in [0.05, 0.1) is 5.38 Å². The Kier molecular flexibility index (Phi) is 4.30. The van der Waals surface area contributed by atoms with Crippen molar-refractivity contribution in [2.24, 2.45) is 5.41 Å². The summed E-state index contributed by atoms with van der Waals surface area (Å²) in [7, 11) is 0. The van der Waals surface area contributed by atoms with Crippen LogP contribution in [0.15, 0.2) is 24.3 Å². The van der Waals surface area contributed by atoms with Gasteiger partial charge >= 0.3 is 0 Å². The normalized spacial score (nSPS) is 14.8. The van der Waals surface area contributed by atoms with Crippen molar-refractivity contribution in [2.45, 2.75) is 58.8 Å². The van der Waals surface area contributed by atoms with Crippen molar-refractivity contribution in [2.75, 3.05) is 0 Å². The van der Waals surface area contributed by atoms with Crippen LogP contribution in [0, 0.1) is 5.41 Å². The Morgan fingerprint density at radius 1 is 1.00 bits per heavy atom. The lowest BCUT2D eigenvalue weighted by molar-refractivity contribution is 0.336. The molecule has 0 aromatic heterocycles. The molecule has 0 amide bonds. The van der Waals surface area contributed by atoms with Crippen LogP contribution in [0.4, 0.5) is 0 Å². The Bertz CT molecular complexity index is 354. The molecular weight excluding hydrogens is 228 g/mol. The summed E-state index contributed by atoms with van der Waals surface area (Å²) in [5, 5.41) is 0.0847. The fourth-order valence-corrected chi connectivity index (χ4v) is 2.08. The zero-order valence-electron chi connectivity index (χ0n) is 12.0. The van der Waals surface area contributed by atoms with Crippen LogP contribution in [0.1, 0.15) is 64.5 Å². The molecule has 0 radical (unpaired) electrons. The summed E-state index contributed by atoms with van der Waals surface area (Å²) >= 11 is 6.56. The molecule has 0 aliphatic heterocycles. The largest absolute Gasteiger partial charge is 0.117 e. The zero-order chi connectivity index (χ0) is 13.3. The number of rotatable bonds is 3. The fourth-order valence-electron chi connectivity index (χ4n) is 1.78. The van der Waals surface area contributed by atoms with E-state index in [1.54, 1.807) is 0 Å². The molecule has 0 heterocycles. The van der Waals surface area contributed by atoms with E-state index in [2.05, 4.69) is 65.8 Å². The van der Waals surface area contributed by atoms with Gasteiger partial charge in [-0.25, -0.2) is 0 Å². The first-order chi connectivity index (χ1) is 7.68. The molecule has 1 rings (SSSR count). The summed E-state index contributed by atoms with van der Waals surface area (Å²) in [4.78, 5) is 0. The third kappa shape index (κ3) is 3.48. The first-order valence-electron chi connectivity index (χ1n) is 6.43. The summed E-state index contributed by atoms with van der Waals surface area (Å²) in [5.74, 6) is 0. The summed E-state index contributed by atoms with van der Waals surface area (Å²) in [6.45, 7) is 13.3. The van der Waals surface area contributed by atoms with Gasteiger partial charge in [-0.2, -0.15) is 0 Å². The Labute approximate surface area is 111 Å². The smallest absolute Gasteiger partial charge is 0.0636 e. The van der Waals surface area contributed by atoms with Crippen LogP contribution in [0.25, 0.3) is 0 Å². The number of alkyl halides is 1. The van der Waals surface area contributed by atoms with Gasteiger partial charge in [-0.1, -0.05) is 65.8 Å². The van der Waals surface area contributed by atoms with Gasteiger partial charge in [0.1, 0.15) is 0 Å². The summed E-state index contributed by atoms with van der Waals surface area (Å²) in [6, 6.07) is 8.76. The summed E-state index contributed by atoms with van der Waals surface area (Å²) in [5.41, 5.74) is 2.94. The minimum atomic E-state index is 0.0847. The monoisotopic (exact) mass is 252 g/mol. The molecule has 0 fully saturated rings. The molecule has 96 valence electrons. The molecule has 0 saturated carbocycles. The van der Waals surface area contributed by atoms with Gasteiger partial charge in [0, 0.05) is 0 Å². The number of halogens is 1. The second kappa shape index (κ2) is 5.02. The van der Waals surface area contributed by atoms with Crippen molar-refractivity contribution >= 4 is 11.6 Å². The minimum Gasteiger partial charge on any atom is -0.117 e. The molecule has 0 aliphatic carbocycles. The van der Waals surface area contributed by atoms with Crippen LogP contribution in [-0.2, 0) is 5.41 Å². The molecule has 1 atom stereocenters. The van der Waals surface area contributed by atoms with E-state index in [-0.39, 0.29) is 16.2 Å². The zero-order valence-corrected chi connectivity index (χ0v) is 12.7. The Balaban J connectivity index is 2.96.